The number of carbonyl (C=O) groups excluding carboxylic acids is 2. The number of nitrogens with zero attached hydrogens (tertiary/aromatic N) is 1. The van der Waals surface area contributed by atoms with E-state index in [0.29, 0.717) is 19.5 Å². The minimum Gasteiger partial charge on any atom is -0.356 e. The Morgan fingerprint density at radius 2 is 1.62 bits per heavy atom. The molecule has 3 rings (SSSR count). The molecule has 4 nitrogen and oxygen atoms in total. The van der Waals surface area contributed by atoms with Crippen LogP contribution in [0, 0.1) is 12.8 Å². The van der Waals surface area contributed by atoms with Gasteiger partial charge in [-0.1, -0.05) is 42.0 Å². The molecule has 0 saturated heterocycles. The predicted octanol–water partition coefficient (Wildman–Crippen LogP) is 3.62. The van der Waals surface area contributed by atoms with Crippen LogP contribution in [0.4, 0.5) is 5.69 Å². The van der Waals surface area contributed by atoms with Crippen molar-refractivity contribution in [3.63, 3.8) is 0 Å². The Bertz CT molecular complexity index is 762. The molecule has 0 aliphatic heterocycles. The highest BCUT2D eigenvalue weighted by atomic mass is 16.2. The number of carbonyl (C=O) groups is 2. The zero-order valence-corrected chi connectivity index (χ0v) is 15.5. The van der Waals surface area contributed by atoms with Crippen molar-refractivity contribution in [2.75, 3.05) is 11.4 Å². The fourth-order valence-corrected chi connectivity index (χ4v) is 2.96. The van der Waals surface area contributed by atoms with Crippen molar-refractivity contribution in [2.24, 2.45) is 5.92 Å². The molecule has 1 saturated carbocycles. The molecular weight excluding hydrogens is 324 g/mol. The number of hydrogen-bond donors (Lipinski definition) is 1. The van der Waals surface area contributed by atoms with Gasteiger partial charge in [0.25, 0.3) is 0 Å². The number of aryl methyl sites for hydroxylation is 1. The van der Waals surface area contributed by atoms with E-state index in [9.17, 15) is 9.59 Å². The molecule has 136 valence electrons. The molecule has 0 radical (unpaired) electrons. The summed E-state index contributed by atoms with van der Waals surface area (Å²) in [4.78, 5) is 26.4. The van der Waals surface area contributed by atoms with Crippen LogP contribution in [0.2, 0.25) is 0 Å². The van der Waals surface area contributed by atoms with Gasteiger partial charge in [-0.3, -0.25) is 9.59 Å². The maximum absolute atomic E-state index is 12.8. The second-order valence-electron chi connectivity index (χ2n) is 6.98. The molecule has 2 aromatic rings. The minimum absolute atomic E-state index is 0.0193. The molecule has 4 heteroatoms. The van der Waals surface area contributed by atoms with Gasteiger partial charge in [0.2, 0.25) is 11.8 Å². The van der Waals surface area contributed by atoms with Gasteiger partial charge >= 0.3 is 0 Å². The van der Waals surface area contributed by atoms with Gasteiger partial charge in [0.05, 0.1) is 13.0 Å². The second-order valence-corrected chi connectivity index (χ2v) is 6.98. The smallest absolute Gasteiger partial charge is 0.230 e. The molecule has 0 heterocycles. The number of anilines is 1. The number of hydrogen-bond acceptors (Lipinski definition) is 2. The monoisotopic (exact) mass is 350 g/mol. The lowest BCUT2D eigenvalue weighted by Crippen LogP contribution is -2.31. The van der Waals surface area contributed by atoms with Crippen LogP contribution >= 0.6 is 0 Å². The molecule has 0 bridgehead atoms. The van der Waals surface area contributed by atoms with Crippen LogP contribution in [-0.4, -0.2) is 18.4 Å². The molecule has 1 fully saturated rings. The third-order valence-corrected chi connectivity index (χ3v) is 4.64. The molecule has 26 heavy (non-hydrogen) atoms. The Hall–Kier alpha value is -2.62. The molecule has 1 aliphatic carbocycles. The van der Waals surface area contributed by atoms with E-state index in [2.05, 4.69) is 36.5 Å². The lowest BCUT2D eigenvalue weighted by atomic mass is 10.1. The molecule has 1 aliphatic rings. The van der Waals surface area contributed by atoms with E-state index < -0.39 is 0 Å². The van der Waals surface area contributed by atoms with Gasteiger partial charge in [0, 0.05) is 18.2 Å². The van der Waals surface area contributed by atoms with E-state index in [0.717, 1.165) is 29.7 Å². The Labute approximate surface area is 155 Å². The minimum atomic E-state index is 0.0193. The summed E-state index contributed by atoms with van der Waals surface area (Å²) in [5, 5.41) is 2.81. The summed E-state index contributed by atoms with van der Waals surface area (Å²) in [6, 6.07) is 16.1. The lowest BCUT2D eigenvalue weighted by Gasteiger charge is -2.23. The highest BCUT2D eigenvalue weighted by Crippen LogP contribution is 2.33. The maximum Gasteiger partial charge on any atom is 0.230 e. The van der Waals surface area contributed by atoms with Gasteiger partial charge in [-0.05, 0) is 49.9 Å². The third-order valence-electron chi connectivity index (χ3n) is 4.64. The first-order valence-electron chi connectivity index (χ1n) is 9.29. The number of likely N-dealkylation sites (N-methyl/N-ethyl adjacent to an activating group) is 1. The van der Waals surface area contributed by atoms with E-state index in [1.54, 1.807) is 0 Å². The summed E-state index contributed by atoms with van der Waals surface area (Å²) in [5.41, 5.74) is 4.18. The van der Waals surface area contributed by atoms with Crippen LogP contribution in [0.3, 0.4) is 0 Å². The van der Waals surface area contributed by atoms with Gasteiger partial charge in [-0.2, -0.15) is 0 Å². The van der Waals surface area contributed by atoms with Crippen LogP contribution < -0.4 is 10.2 Å². The molecule has 0 atom stereocenters. The van der Waals surface area contributed by atoms with Crippen molar-refractivity contribution in [2.45, 2.75) is 39.7 Å². The maximum atomic E-state index is 12.8. The summed E-state index contributed by atoms with van der Waals surface area (Å²) in [6.45, 7) is 5.18. The van der Waals surface area contributed by atoms with Gasteiger partial charge < -0.3 is 10.2 Å². The SMILES string of the molecule is CCNC(=O)Cc1ccc(N(Cc2ccc(C)cc2)C(=O)C2CC2)cc1. The Kier molecular flexibility index (Phi) is 5.71. The third kappa shape index (κ3) is 4.72. The Morgan fingerprint density at radius 1 is 1.00 bits per heavy atom. The topological polar surface area (TPSA) is 49.4 Å². The fourth-order valence-electron chi connectivity index (χ4n) is 2.96. The summed E-state index contributed by atoms with van der Waals surface area (Å²) < 4.78 is 0. The van der Waals surface area contributed by atoms with Crippen molar-refractivity contribution >= 4 is 17.5 Å². The second kappa shape index (κ2) is 8.17. The van der Waals surface area contributed by atoms with E-state index in [1.807, 2.05) is 36.1 Å². The number of benzene rings is 2. The van der Waals surface area contributed by atoms with E-state index >= 15 is 0 Å². The first kappa shape index (κ1) is 18.2. The summed E-state index contributed by atoms with van der Waals surface area (Å²) in [6.07, 6.45) is 2.33. The average molecular weight is 350 g/mol. The zero-order chi connectivity index (χ0) is 18.5. The van der Waals surface area contributed by atoms with E-state index in [1.165, 1.54) is 5.56 Å². The lowest BCUT2D eigenvalue weighted by molar-refractivity contribution is -0.121. The Balaban J connectivity index is 1.76. The summed E-state index contributed by atoms with van der Waals surface area (Å²) in [7, 11) is 0. The average Bonchev–Trinajstić information content (AvgIpc) is 3.47. The van der Waals surface area contributed by atoms with E-state index in [4.69, 9.17) is 0 Å². The molecule has 1 N–H and O–H groups in total. The fraction of sp³-hybridized carbons (Fsp3) is 0.364. The van der Waals surface area contributed by atoms with Gasteiger partial charge in [-0.15, -0.1) is 0 Å². The first-order chi connectivity index (χ1) is 12.6. The first-order valence-corrected chi connectivity index (χ1v) is 9.29. The van der Waals surface area contributed by atoms with Crippen LogP contribution in [-0.2, 0) is 22.6 Å². The number of rotatable bonds is 7. The normalized spacial score (nSPS) is 13.3. The van der Waals surface area contributed by atoms with E-state index in [-0.39, 0.29) is 17.7 Å². The summed E-state index contributed by atoms with van der Waals surface area (Å²) >= 11 is 0. The van der Waals surface area contributed by atoms with Crippen LogP contribution in [0.1, 0.15) is 36.5 Å². The molecule has 0 aromatic heterocycles. The van der Waals surface area contributed by atoms with Gasteiger partial charge in [0.15, 0.2) is 0 Å². The predicted molar refractivity (Wildman–Crippen MR) is 104 cm³/mol. The van der Waals surface area contributed by atoms with Crippen molar-refractivity contribution in [1.82, 2.24) is 5.32 Å². The van der Waals surface area contributed by atoms with Crippen molar-refractivity contribution in [3.8, 4) is 0 Å². The highest BCUT2D eigenvalue weighted by Gasteiger charge is 2.34. The van der Waals surface area contributed by atoms with Gasteiger partial charge in [0.1, 0.15) is 0 Å². The van der Waals surface area contributed by atoms with Crippen LogP contribution in [0.25, 0.3) is 0 Å². The standard InChI is InChI=1S/C22H26N2O2/c1-3-23-21(25)14-17-8-12-20(13-9-17)24(22(26)19-10-11-19)15-18-6-4-16(2)5-7-18/h4-9,12-13,19H,3,10-11,14-15H2,1-2H3,(H,23,25). The molecular formula is C22H26N2O2. The van der Waals surface area contributed by atoms with Crippen LogP contribution in [0.5, 0.6) is 0 Å². The summed E-state index contributed by atoms with van der Waals surface area (Å²) in [5.74, 6) is 0.378. The quantitative estimate of drug-likeness (QED) is 0.829. The van der Waals surface area contributed by atoms with Crippen LogP contribution in [0.15, 0.2) is 48.5 Å². The Morgan fingerprint density at radius 3 is 2.19 bits per heavy atom. The molecule has 2 aromatic carbocycles. The largest absolute Gasteiger partial charge is 0.356 e. The van der Waals surface area contributed by atoms with Crippen molar-refractivity contribution in [3.05, 3.63) is 65.2 Å². The number of nitrogens with one attached hydrogen (secondary N) is 1. The van der Waals surface area contributed by atoms with Crippen molar-refractivity contribution in [1.29, 1.82) is 0 Å². The molecule has 2 amide bonds. The molecule has 0 spiro atoms. The number of amides is 2. The highest BCUT2D eigenvalue weighted by molar-refractivity contribution is 5.96. The van der Waals surface area contributed by atoms with Crippen molar-refractivity contribution < 1.29 is 9.59 Å². The zero-order valence-electron chi connectivity index (χ0n) is 15.5. The van der Waals surface area contributed by atoms with Gasteiger partial charge in [-0.25, -0.2) is 0 Å². The molecule has 0 unspecified atom stereocenters.